The van der Waals surface area contributed by atoms with E-state index in [1.54, 1.807) is 29.5 Å². The fourth-order valence-electron chi connectivity index (χ4n) is 3.21. The highest BCUT2D eigenvalue weighted by Crippen LogP contribution is 2.32. The maximum atomic E-state index is 12.8. The fourth-order valence-corrected chi connectivity index (χ4v) is 4.75. The van der Waals surface area contributed by atoms with Gasteiger partial charge in [0.1, 0.15) is 5.75 Å². The van der Waals surface area contributed by atoms with Crippen molar-refractivity contribution in [3.8, 4) is 22.1 Å². The van der Waals surface area contributed by atoms with Crippen LogP contribution in [0.15, 0.2) is 71.2 Å². The number of ether oxygens (including phenoxy) is 1. The zero-order valence-electron chi connectivity index (χ0n) is 16.1. The van der Waals surface area contributed by atoms with Crippen molar-refractivity contribution in [2.75, 3.05) is 17.7 Å². The number of hydrogen-bond acceptors (Lipinski definition) is 7. The van der Waals surface area contributed by atoms with Gasteiger partial charge in [0.25, 0.3) is 5.91 Å². The Bertz CT molecular complexity index is 1250. The summed E-state index contributed by atoms with van der Waals surface area (Å²) in [6, 6.07) is 18.9. The monoisotopic (exact) mass is 448 g/mol. The number of benzene rings is 2. The Morgan fingerprint density at radius 1 is 1.13 bits per heavy atom. The Morgan fingerprint density at radius 2 is 2.00 bits per heavy atom. The lowest BCUT2D eigenvalue weighted by molar-refractivity contribution is -0.118. The van der Waals surface area contributed by atoms with Crippen LogP contribution in [-0.4, -0.2) is 38.8 Å². The quantitative estimate of drug-likeness (QED) is 0.350. The SMILES string of the molecule is O=C1COc2ccc(C(=O)CSc3nnc(-c4cccs4)n3-c3ccccc3)cc2N1. The predicted octanol–water partition coefficient (Wildman–Crippen LogP) is 4.30. The third-order valence-corrected chi connectivity index (χ3v) is 6.45. The molecule has 7 nitrogen and oxygen atoms in total. The first kappa shape index (κ1) is 19.5. The van der Waals surface area contributed by atoms with E-state index < -0.39 is 0 Å². The van der Waals surface area contributed by atoms with E-state index in [1.807, 2.05) is 52.4 Å². The topological polar surface area (TPSA) is 86.1 Å². The average Bonchev–Trinajstić information content (AvgIpc) is 3.47. The minimum Gasteiger partial charge on any atom is -0.482 e. The largest absolute Gasteiger partial charge is 0.482 e. The molecular weight excluding hydrogens is 432 g/mol. The van der Waals surface area contributed by atoms with Crippen molar-refractivity contribution < 1.29 is 14.3 Å². The molecule has 0 bridgehead atoms. The molecule has 5 rings (SSSR count). The summed E-state index contributed by atoms with van der Waals surface area (Å²) in [6.07, 6.45) is 0. The third-order valence-electron chi connectivity index (χ3n) is 4.66. The number of ketones is 1. The van der Waals surface area contributed by atoms with E-state index >= 15 is 0 Å². The van der Waals surface area contributed by atoms with Gasteiger partial charge in [-0.15, -0.1) is 21.5 Å². The average molecular weight is 449 g/mol. The molecule has 9 heteroatoms. The summed E-state index contributed by atoms with van der Waals surface area (Å²) in [4.78, 5) is 25.4. The van der Waals surface area contributed by atoms with Crippen LogP contribution in [0.5, 0.6) is 5.75 Å². The predicted molar refractivity (Wildman–Crippen MR) is 120 cm³/mol. The lowest BCUT2D eigenvalue weighted by Crippen LogP contribution is -2.25. The molecule has 4 aromatic rings. The van der Waals surface area contributed by atoms with Crippen LogP contribution in [0.4, 0.5) is 5.69 Å². The van der Waals surface area contributed by atoms with Crippen LogP contribution < -0.4 is 10.1 Å². The van der Waals surface area contributed by atoms with Gasteiger partial charge in [0.05, 0.1) is 16.3 Å². The molecule has 0 aliphatic carbocycles. The maximum absolute atomic E-state index is 12.8. The van der Waals surface area contributed by atoms with E-state index in [2.05, 4.69) is 15.5 Å². The van der Waals surface area contributed by atoms with Gasteiger partial charge < -0.3 is 10.1 Å². The lowest BCUT2D eigenvalue weighted by Gasteiger charge is -2.18. The number of fused-ring (bicyclic) bond motifs is 1. The summed E-state index contributed by atoms with van der Waals surface area (Å²) >= 11 is 2.91. The van der Waals surface area contributed by atoms with Gasteiger partial charge in [-0.1, -0.05) is 36.0 Å². The standard InChI is InChI=1S/C22H16N4O3S2/c27-17(14-8-9-18-16(11-14)23-20(28)12-29-18)13-31-22-25-24-21(19-7-4-10-30-19)26(22)15-5-2-1-3-6-15/h1-11H,12-13H2,(H,23,28). The number of thiophene rings is 1. The van der Waals surface area contributed by atoms with Crippen LogP contribution in [0.25, 0.3) is 16.4 Å². The molecule has 1 amide bonds. The van der Waals surface area contributed by atoms with E-state index in [0.29, 0.717) is 22.2 Å². The molecule has 0 saturated carbocycles. The lowest BCUT2D eigenvalue weighted by atomic mass is 10.1. The van der Waals surface area contributed by atoms with E-state index in [1.165, 1.54) is 11.8 Å². The first-order valence-corrected chi connectivity index (χ1v) is 11.3. The van der Waals surface area contributed by atoms with Crippen LogP contribution in [-0.2, 0) is 4.79 Å². The van der Waals surface area contributed by atoms with Crippen molar-refractivity contribution in [1.82, 2.24) is 14.8 Å². The number of thioether (sulfide) groups is 1. The fraction of sp³-hybridized carbons (Fsp3) is 0.0909. The second-order valence-electron chi connectivity index (χ2n) is 6.71. The molecular formula is C22H16N4O3S2. The van der Waals surface area contributed by atoms with Gasteiger partial charge in [0, 0.05) is 11.3 Å². The van der Waals surface area contributed by atoms with Crippen molar-refractivity contribution in [2.45, 2.75) is 5.16 Å². The number of carbonyl (C=O) groups is 2. The summed E-state index contributed by atoms with van der Waals surface area (Å²) in [5.41, 5.74) is 1.94. The second-order valence-corrected chi connectivity index (χ2v) is 8.60. The Labute approximate surface area is 186 Å². The molecule has 0 unspecified atom stereocenters. The van der Waals surface area contributed by atoms with Gasteiger partial charge in [-0.3, -0.25) is 14.2 Å². The molecule has 0 fully saturated rings. The van der Waals surface area contributed by atoms with Crippen LogP contribution in [0.2, 0.25) is 0 Å². The van der Waals surface area contributed by atoms with Crippen molar-refractivity contribution in [2.24, 2.45) is 0 Å². The van der Waals surface area contributed by atoms with Crippen molar-refractivity contribution in [3.05, 3.63) is 71.6 Å². The molecule has 154 valence electrons. The molecule has 1 N–H and O–H groups in total. The molecule has 3 heterocycles. The molecule has 0 spiro atoms. The maximum Gasteiger partial charge on any atom is 0.262 e. The minimum absolute atomic E-state index is 0.0160. The number of hydrogen-bond donors (Lipinski definition) is 1. The molecule has 2 aromatic carbocycles. The van der Waals surface area contributed by atoms with Crippen LogP contribution >= 0.6 is 23.1 Å². The molecule has 0 atom stereocenters. The minimum atomic E-state index is -0.233. The van der Waals surface area contributed by atoms with E-state index in [-0.39, 0.29) is 24.1 Å². The molecule has 0 saturated heterocycles. The number of anilines is 1. The van der Waals surface area contributed by atoms with Gasteiger partial charge in [-0.25, -0.2) is 0 Å². The number of para-hydroxylation sites is 1. The van der Waals surface area contributed by atoms with Gasteiger partial charge in [-0.2, -0.15) is 0 Å². The van der Waals surface area contributed by atoms with Crippen LogP contribution in [0.1, 0.15) is 10.4 Å². The Kier molecular flexibility index (Phi) is 5.27. The highest BCUT2D eigenvalue weighted by molar-refractivity contribution is 7.99. The molecule has 0 radical (unpaired) electrons. The van der Waals surface area contributed by atoms with E-state index in [9.17, 15) is 9.59 Å². The van der Waals surface area contributed by atoms with Gasteiger partial charge in [0.2, 0.25) is 0 Å². The number of Topliss-reactive ketones (excluding diaryl/α,β-unsaturated/α-hetero) is 1. The summed E-state index contributed by atoms with van der Waals surface area (Å²) in [7, 11) is 0. The van der Waals surface area contributed by atoms with Crippen LogP contribution in [0, 0.1) is 0 Å². The van der Waals surface area contributed by atoms with Crippen molar-refractivity contribution in [3.63, 3.8) is 0 Å². The summed E-state index contributed by atoms with van der Waals surface area (Å²) < 4.78 is 7.32. The molecule has 1 aliphatic heterocycles. The van der Waals surface area contributed by atoms with E-state index in [4.69, 9.17) is 4.74 Å². The Morgan fingerprint density at radius 3 is 2.81 bits per heavy atom. The van der Waals surface area contributed by atoms with Gasteiger partial charge in [-0.05, 0) is 41.8 Å². The zero-order valence-corrected chi connectivity index (χ0v) is 17.8. The number of rotatable bonds is 6. The first-order valence-electron chi connectivity index (χ1n) is 9.46. The smallest absolute Gasteiger partial charge is 0.262 e. The Hall–Kier alpha value is -3.43. The highest BCUT2D eigenvalue weighted by atomic mass is 32.2. The van der Waals surface area contributed by atoms with Crippen molar-refractivity contribution in [1.29, 1.82) is 0 Å². The molecule has 2 aromatic heterocycles. The summed E-state index contributed by atoms with van der Waals surface area (Å²) in [5, 5.41) is 14.1. The van der Waals surface area contributed by atoms with Crippen molar-refractivity contribution >= 4 is 40.5 Å². The number of nitrogens with zero attached hydrogens (tertiary/aromatic N) is 3. The first-order chi connectivity index (χ1) is 15.2. The summed E-state index contributed by atoms with van der Waals surface area (Å²) in [6.45, 7) is -0.0160. The number of carbonyl (C=O) groups excluding carboxylic acids is 2. The highest BCUT2D eigenvalue weighted by Gasteiger charge is 2.20. The second kappa shape index (κ2) is 8.37. The number of nitrogens with one attached hydrogen (secondary N) is 1. The number of amides is 1. The molecule has 1 aliphatic rings. The van der Waals surface area contributed by atoms with Gasteiger partial charge in [0.15, 0.2) is 23.4 Å². The molecule has 31 heavy (non-hydrogen) atoms. The summed E-state index contributed by atoms with van der Waals surface area (Å²) in [5.74, 6) is 1.18. The Balaban J connectivity index is 1.40. The zero-order chi connectivity index (χ0) is 21.2. The van der Waals surface area contributed by atoms with E-state index in [0.717, 1.165) is 16.4 Å². The van der Waals surface area contributed by atoms with Crippen LogP contribution in [0.3, 0.4) is 0 Å². The normalized spacial score (nSPS) is 12.7. The number of aromatic nitrogens is 3. The third kappa shape index (κ3) is 3.97. The van der Waals surface area contributed by atoms with Gasteiger partial charge >= 0.3 is 0 Å².